The lowest BCUT2D eigenvalue weighted by Gasteiger charge is -2.50. The van der Waals surface area contributed by atoms with E-state index >= 15 is 0 Å². The first-order chi connectivity index (χ1) is 10.8. The third-order valence-electron chi connectivity index (χ3n) is 4.80. The van der Waals surface area contributed by atoms with Gasteiger partial charge < -0.3 is 19.7 Å². The monoisotopic (exact) mass is 326 g/mol. The highest BCUT2D eigenvalue weighted by molar-refractivity contribution is 5.88. The fraction of sp³-hybridized carbons (Fsp3) is 0.765. The molecule has 0 aromatic rings. The number of fused-ring (bicyclic) bond motifs is 2. The van der Waals surface area contributed by atoms with Gasteiger partial charge in [0.15, 0.2) is 6.61 Å². The molecule has 6 heteroatoms. The average Bonchev–Trinajstić information content (AvgIpc) is 2.43. The summed E-state index contributed by atoms with van der Waals surface area (Å²) in [6, 6.07) is 0. The summed E-state index contributed by atoms with van der Waals surface area (Å²) in [4.78, 5) is 23.4. The van der Waals surface area contributed by atoms with Gasteiger partial charge in [-0.2, -0.15) is 0 Å². The Morgan fingerprint density at radius 2 is 2.09 bits per heavy atom. The summed E-state index contributed by atoms with van der Waals surface area (Å²) >= 11 is 0. The molecule has 23 heavy (non-hydrogen) atoms. The number of ether oxygens (including phenoxy) is 2. The van der Waals surface area contributed by atoms with E-state index in [0.29, 0.717) is 25.2 Å². The summed E-state index contributed by atoms with van der Waals surface area (Å²) in [5.41, 5.74) is -1.49. The molecule has 0 spiro atoms. The van der Waals surface area contributed by atoms with Gasteiger partial charge in [-0.05, 0) is 32.1 Å². The minimum Gasteiger partial charge on any atom is -0.456 e. The number of esters is 2. The van der Waals surface area contributed by atoms with Crippen molar-refractivity contribution in [3.63, 3.8) is 0 Å². The van der Waals surface area contributed by atoms with Gasteiger partial charge in [-0.25, -0.2) is 9.59 Å². The molecule has 0 aliphatic heterocycles. The van der Waals surface area contributed by atoms with Gasteiger partial charge in [-0.1, -0.05) is 19.4 Å². The van der Waals surface area contributed by atoms with Gasteiger partial charge in [0.1, 0.15) is 5.60 Å². The summed E-state index contributed by atoms with van der Waals surface area (Å²) in [6.07, 6.45) is 4.64. The number of hydrogen-bond acceptors (Lipinski definition) is 6. The highest BCUT2D eigenvalue weighted by Crippen LogP contribution is 2.49. The normalized spacial score (nSPS) is 32.9. The van der Waals surface area contributed by atoms with E-state index < -0.39 is 29.7 Å². The SMILES string of the molecule is C=C(C)C(=O)OCC(=O)OC1(CCO)CC2CCCC(O)(C2)C1. The van der Waals surface area contributed by atoms with Crippen molar-refractivity contribution in [2.45, 2.75) is 63.1 Å². The van der Waals surface area contributed by atoms with Crippen molar-refractivity contribution < 1.29 is 29.3 Å². The van der Waals surface area contributed by atoms with Crippen LogP contribution in [0.3, 0.4) is 0 Å². The zero-order valence-corrected chi connectivity index (χ0v) is 13.7. The summed E-state index contributed by atoms with van der Waals surface area (Å²) < 4.78 is 10.4. The van der Waals surface area contributed by atoms with Crippen LogP contribution in [0.1, 0.15) is 51.9 Å². The summed E-state index contributed by atoms with van der Waals surface area (Å²) in [5, 5.41) is 20.1. The van der Waals surface area contributed by atoms with Crippen LogP contribution in [0.4, 0.5) is 0 Å². The van der Waals surface area contributed by atoms with Crippen LogP contribution in [0.2, 0.25) is 0 Å². The maximum absolute atomic E-state index is 12.1. The van der Waals surface area contributed by atoms with Crippen molar-refractivity contribution in [1.82, 2.24) is 0 Å². The van der Waals surface area contributed by atoms with Gasteiger partial charge in [-0.15, -0.1) is 0 Å². The zero-order valence-electron chi connectivity index (χ0n) is 13.7. The van der Waals surface area contributed by atoms with Crippen LogP contribution < -0.4 is 0 Å². The molecule has 2 N–H and O–H groups in total. The Hall–Kier alpha value is -1.40. The van der Waals surface area contributed by atoms with E-state index in [2.05, 4.69) is 6.58 Å². The molecule has 3 unspecified atom stereocenters. The first kappa shape index (κ1) is 17.9. The second kappa shape index (κ2) is 7.01. The molecule has 2 rings (SSSR count). The predicted octanol–water partition coefficient (Wildman–Crippen LogP) is 1.49. The second-order valence-electron chi connectivity index (χ2n) is 7.05. The third-order valence-corrected chi connectivity index (χ3v) is 4.80. The molecule has 0 saturated heterocycles. The Morgan fingerprint density at radius 1 is 1.35 bits per heavy atom. The molecule has 130 valence electrons. The lowest BCUT2D eigenvalue weighted by atomic mass is 9.62. The van der Waals surface area contributed by atoms with Crippen LogP contribution in [-0.2, 0) is 19.1 Å². The summed E-state index contributed by atoms with van der Waals surface area (Å²) in [6.45, 7) is 4.34. The van der Waals surface area contributed by atoms with Crippen LogP contribution in [0.25, 0.3) is 0 Å². The standard InChI is InChI=1S/C17H26O6/c1-12(2)15(20)22-10-14(19)23-17(6-7-18)9-13-4-3-5-16(21,8-13)11-17/h13,18,21H,1,3-11H2,2H3. The lowest BCUT2D eigenvalue weighted by molar-refractivity contribution is -0.193. The quantitative estimate of drug-likeness (QED) is 0.567. The lowest BCUT2D eigenvalue weighted by Crippen LogP contribution is -2.53. The van der Waals surface area contributed by atoms with Crippen molar-refractivity contribution in [2.24, 2.45) is 5.92 Å². The molecular weight excluding hydrogens is 300 g/mol. The van der Waals surface area contributed by atoms with E-state index in [9.17, 15) is 19.8 Å². The van der Waals surface area contributed by atoms with E-state index in [-0.39, 0.29) is 18.6 Å². The van der Waals surface area contributed by atoms with Crippen LogP contribution in [0.5, 0.6) is 0 Å². The molecule has 2 saturated carbocycles. The second-order valence-corrected chi connectivity index (χ2v) is 7.05. The molecule has 0 aromatic carbocycles. The molecule has 2 bridgehead atoms. The highest BCUT2D eigenvalue weighted by Gasteiger charge is 2.51. The highest BCUT2D eigenvalue weighted by atomic mass is 16.6. The topological polar surface area (TPSA) is 93.1 Å². The van der Waals surface area contributed by atoms with Crippen molar-refractivity contribution in [2.75, 3.05) is 13.2 Å². The first-order valence-corrected chi connectivity index (χ1v) is 8.15. The fourth-order valence-corrected chi connectivity index (χ4v) is 4.04. The van der Waals surface area contributed by atoms with Gasteiger partial charge >= 0.3 is 11.9 Å². The van der Waals surface area contributed by atoms with Gasteiger partial charge in [0, 0.05) is 25.0 Å². The van der Waals surface area contributed by atoms with E-state index in [1.807, 2.05) is 0 Å². The molecule has 2 aliphatic carbocycles. The zero-order chi connectivity index (χ0) is 17.1. The van der Waals surface area contributed by atoms with Gasteiger partial charge in [-0.3, -0.25) is 0 Å². The molecular formula is C17H26O6. The van der Waals surface area contributed by atoms with E-state index in [1.54, 1.807) is 0 Å². The Labute approximate surface area is 136 Å². The van der Waals surface area contributed by atoms with Crippen molar-refractivity contribution in [3.05, 3.63) is 12.2 Å². The minimum atomic E-state index is -0.875. The Bertz CT molecular complexity index is 487. The smallest absolute Gasteiger partial charge is 0.344 e. The number of aliphatic hydroxyl groups excluding tert-OH is 1. The molecule has 0 amide bonds. The number of aliphatic hydroxyl groups is 2. The Morgan fingerprint density at radius 3 is 2.70 bits per heavy atom. The molecule has 0 aromatic heterocycles. The molecule has 3 atom stereocenters. The van der Waals surface area contributed by atoms with Crippen molar-refractivity contribution in [3.8, 4) is 0 Å². The molecule has 2 fully saturated rings. The molecule has 0 heterocycles. The summed E-state index contributed by atoms with van der Waals surface area (Å²) in [5.74, 6) is -1.01. The number of rotatable bonds is 6. The number of carbonyl (C=O) groups excluding carboxylic acids is 2. The fourth-order valence-electron chi connectivity index (χ4n) is 4.04. The largest absolute Gasteiger partial charge is 0.456 e. The van der Waals surface area contributed by atoms with E-state index in [0.717, 1.165) is 19.3 Å². The van der Waals surface area contributed by atoms with Crippen LogP contribution in [0, 0.1) is 5.92 Å². The molecule has 0 radical (unpaired) electrons. The maximum atomic E-state index is 12.1. The molecule has 2 aliphatic rings. The predicted molar refractivity (Wildman–Crippen MR) is 82.4 cm³/mol. The van der Waals surface area contributed by atoms with Crippen molar-refractivity contribution >= 4 is 11.9 Å². The van der Waals surface area contributed by atoms with Gasteiger partial charge in [0.05, 0.1) is 5.60 Å². The Kier molecular flexibility index (Phi) is 5.47. The van der Waals surface area contributed by atoms with Gasteiger partial charge in [0.2, 0.25) is 0 Å². The maximum Gasteiger partial charge on any atom is 0.344 e. The minimum absolute atomic E-state index is 0.123. The van der Waals surface area contributed by atoms with Crippen LogP contribution in [0.15, 0.2) is 12.2 Å². The van der Waals surface area contributed by atoms with Crippen molar-refractivity contribution in [1.29, 1.82) is 0 Å². The number of carbonyl (C=O) groups is 2. The third kappa shape index (κ3) is 4.54. The molecule has 6 nitrogen and oxygen atoms in total. The van der Waals surface area contributed by atoms with Gasteiger partial charge in [0.25, 0.3) is 0 Å². The van der Waals surface area contributed by atoms with E-state index in [4.69, 9.17) is 9.47 Å². The van der Waals surface area contributed by atoms with E-state index in [1.165, 1.54) is 6.92 Å². The number of hydrogen-bond donors (Lipinski definition) is 2. The Balaban J connectivity index is 2.01. The average molecular weight is 326 g/mol. The van der Waals surface area contributed by atoms with Crippen LogP contribution >= 0.6 is 0 Å². The summed E-state index contributed by atoms with van der Waals surface area (Å²) in [7, 11) is 0. The van der Waals surface area contributed by atoms with Crippen LogP contribution in [-0.4, -0.2) is 46.6 Å². The first-order valence-electron chi connectivity index (χ1n) is 8.15.